The molecule has 0 bridgehead atoms. The maximum atomic E-state index is 12.8. The smallest absolute Gasteiger partial charge is 0.306 e. The number of esters is 3. The van der Waals surface area contributed by atoms with E-state index in [0.717, 1.165) is 89.9 Å². The molecule has 0 fully saturated rings. The van der Waals surface area contributed by atoms with Crippen LogP contribution >= 0.6 is 0 Å². The van der Waals surface area contributed by atoms with Crippen molar-refractivity contribution in [2.75, 3.05) is 13.2 Å². The van der Waals surface area contributed by atoms with E-state index in [4.69, 9.17) is 14.2 Å². The summed E-state index contributed by atoms with van der Waals surface area (Å²) in [5.41, 5.74) is 0. The van der Waals surface area contributed by atoms with Crippen LogP contribution in [-0.4, -0.2) is 37.2 Å². The molecule has 378 valence electrons. The van der Waals surface area contributed by atoms with Gasteiger partial charge in [-0.05, 0) is 103 Å². The Labute approximate surface area is 403 Å². The van der Waals surface area contributed by atoms with Crippen molar-refractivity contribution in [3.63, 3.8) is 0 Å². The zero-order valence-corrected chi connectivity index (χ0v) is 43.3. The molecule has 0 spiro atoms. The van der Waals surface area contributed by atoms with Crippen molar-refractivity contribution >= 4 is 17.9 Å². The molecule has 0 heterocycles. The Bertz CT molecular complexity index is 1140. The average Bonchev–Trinajstić information content (AvgIpc) is 3.30. The van der Waals surface area contributed by atoms with E-state index < -0.39 is 6.10 Å². The first-order chi connectivity index (χ1) is 32.0. The second-order valence-electron chi connectivity index (χ2n) is 18.8. The minimum atomic E-state index is -0.783. The van der Waals surface area contributed by atoms with Gasteiger partial charge in [-0.3, -0.25) is 14.4 Å². The molecule has 0 saturated carbocycles. The molecule has 0 amide bonds. The van der Waals surface area contributed by atoms with Crippen LogP contribution in [-0.2, 0) is 28.6 Å². The minimum Gasteiger partial charge on any atom is -0.462 e. The molecule has 0 aromatic heterocycles. The van der Waals surface area contributed by atoms with Crippen LogP contribution in [0.4, 0.5) is 0 Å². The molecule has 6 nitrogen and oxygen atoms in total. The largest absolute Gasteiger partial charge is 0.462 e. The number of rotatable bonds is 51. The van der Waals surface area contributed by atoms with Crippen LogP contribution in [0.15, 0.2) is 48.6 Å². The Morgan fingerprint density at radius 1 is 0.308 bits per heavy atom. The molecule has 0 radical (unpaired) electrons. The van der Waals surface area contributed by atoms with E-state index in [1.165, 1.54) is 161 Å². The quantitative estimate of drug-likeness (QED) is 0.0262. The molecule has 0 aromatic carbocycles. The molecule has 0 aliphatic carbocycles. The molecule has 0 aliphatic rings. The summed E-state index contributed by atoms with van der Waals surface area (Å²) in [5.74, 6) is -0.895. The summed E-state index contributed by atoms with van der Waals surface area (Å²) in [7, 11) is 0. The lowest BCUT2D eigenvalue weighted by Gasteiger charge is -2.18. The zero-order valence-electron chi connectivity index (χ0n) is 43.3. The first-order valence-corrected chi connectivity index (χ1v) is 28.1. The van der Waals surface area contributed by atoms with Crippen LogP contribution < -0.4 is 0 Å². The summed E-state index contributed by atoms with van der Waals surface area (Å²) in [6.07, 6.45) is 65.2. The van der Waals surface area contributed by atoms with Crippen LogP contribution in [0.3, 0.4) is 0 Å². The lowest BCUT2D eigenvalue weighted by molar-refractivity contribution is -0.167. The van der Waals surface area contributed by atoms with Crippen molar-refractivity contribution < 1.29 is 28.6 Å². The molecule has 0 saturated heterocycles. The topological polar surface area (TPSA) is 78.9 Å². The maximum absolute atomic E-state index is 12.8. The van der Waals surface area contributed by atoms with Gasteiger partial charge in [0, 0.05) is 19.3 Å². The van der Waals surface area contributed by atoms with Gasteiger partial charge in [-0.2, -0.15) is 0 Å². The van der Waals surface area contributed by atoms with Gasteiger partial charge in [0.1, 0.15) is 13.2 Å². The van der Waals surface area contributed by atoms with E-state index in [0.29, 0.717) is 19.3 Å². The first kappa shape index (κ1) is 62.4. The number of hydrogen-bond donors (Lipinski definition) is 0. The van der Waals surface area contributed by atoms with Gasteiger partial charge in [-0.15, -0.1) is 0 Å². The van der Waals surface area contributed by atoms with Crippen molar-refractivity contribution in [2.24, 2.45) is 0 Å². The van der Waals surface area contributed by atoms with Gasteiger partial charge in [0.15, 0.2) is 6.10 Å². The summed E-state index contributed by atoms with van der Waals surface area (Å²) < 4.78 is 16.8. The second kappa shape index (κ2) is 54.0. The molecular formula is C59H106O6. The predicted octanol–water partition coefficient (Wildman–Crippen LogP) is 18.7. The van der Waals surface area contributed by atoms with E-state index in [2.05, 4.69) is 69.4 Å². The number of ether oxygens (including phenoxy) is 3. The van der Waals surface area contributed by atoms with Crippen LogP contribution in [0.5, 0.6) is 0 Å². The Balaban J connectivity index is 4.40. The molecular weight excluding hydrogens is 805 g/mol. The lowest BCUT2D eigenvalue weighted by Crippen LogP contribution is -2.30. The Kier molecular flexibility index (Phi) is 51.8. The molecule has 0 rings (SSSR count). The third kappa shape index (κ3) is 52.2. The molecule has 0 aliphatic heterocycles. The molecule has 1 atom stereocenters. The Hall–Kier alpha value is -2.63. The maximum Gasteiger partial charge on any atom is 0.306 e. The van der Waals surface area contributed by atoms with Crippen LogP contribution in [0, 0.1) is 0 Å². The normalized spacial score (nSPS) is 12.4. The van der Waals surface area contributed by atoms with E-state index in [-0.39, 0.29) is 31.1 Å². The first-order valence-electron chi connectivity index (χ1n) is 28.1. The number of unbranched alkanes of at least 4 members (excludes halogenated alkanes) is 32. The predicted molar refractivity (Wildman–Crippen MR) is 279 cm³/mol. The third-order valence-electron chi connectivity index (χ3n) is 12.3. The summed E-state index contributed by atoms with van der Waals surface area (Å²) in [6.45, 7) is 6.61. The third-order valence-corrected chi connectivity index (χ3v) is 12.3. The standard InChI is InChI=1S/C59H106O6/c1-4-7-10-13-16-19-22-25-28-29-32-34-37-40-43-46-49-52-58(61)64-55-56(65-59(62)53-50-47-44-41-38-35-31-27-24-21-18-15-12-9-6-3)54-63-57(60)51-48-45-42-39-36-33-30-26-23-20-17-14-11-8-5-2/h16,19,25-28,30-31,56H,4-15,17-18,20-24,29,32-55H2,1-3H3/b19-16-,28-25-,30-26-,31-27-. The fourth-order valence-corrected chi connectivity index (χ4v) is 7.99. The monoisotopic (exact) mass is 911 g/mol. The van der Waals surface area contributed by atoms with Crippen LogP contribution in [0.25, 0.3) is 0 Å². The lowest BCUT2D eigenvalue weighted by atomic mass is 10.1. The van der Waals surface area contributed by atoms with Gasteiger partial charge in [0.2, 0.25) is 0 Å². The van der Waals surface area contributed by atoms with Crippen molar-refractivity contribution in [1.29, 1.82) is 0 Å². The van der Waals surface area contributed by atoms with Gasteiger partial charge in [0.25, 0.3) is 0 Å². The fraction of sp³-hybridized carbons (Fsp3) is 0.814. The summed E-state index contributed by atoms with van der Waals surface area (Å²) in [6, 6.07) is 0. The number of hydrogen-bond acceptors (Lipinski definition) is 6. The summed E-state index contributed by atoms with van der Waals surface area (Å²) in [4.78, 5) is 38.1. The van der Waals surface area contributed by atoms with Crippen LogP contribution in [0.2, 0.25) is 0 Å². The van der Waals surface area contributed by atoms with Gasteiger partial charge >= 0.3 is 17.9 Å². The molecule has 0 N–H and O–H groups in total. The van der Waals surface area contributed by atoms with Gasteiger partial charge in [0.05, 0.1) is 0 Å². The molecule has 65 heavy (non-hydrogen) atoms. The van der Waals surface area contributed by atoms with E-state index >= 15 is 0 Å². The van der Waals surface area contributed by atoms with E-state index in [9.17, 15) is 14.4 Å². The fourth-order valence-electron chi connectivity index (χ4n) is 7.99. The molecule has 6 heteroatoms. The highest BCUT2D eigenvalue weighted by Gasteiger charge is 2.19. The van der Waals surface area contributed by atoms with Gasteiger partial charge < -0.3 is 14.2 Å². The summed E-state index contributed by atoms with van der Waals surface area (Å²) in [5, 5.41) is 0. The molecule has 0 aromatic rings. The number of carbonyl (C=O) groups excluding carboxylic acids is 3. The number of allylic oxidation sites excluding steroid dienone is 8. The van der Waals surface area contributed by atoms with E-state index in [1.54, 1.807) is 0 Å². The van der Waals surface area contributed by atoms with E-state index in [1.807, 2.05) is 0 Å². The Morgan fingerprint density at radius 3 is 0.892 bits per heavy atom. The number of carbonyl (C=O) groups is 3. The highest BCUT2D eigenvalue weighted by atomic mass is 16.6. The van der Waals surface area contributed by atoms with Gasteiger partial charge in [-0.1, -0.05) is 217 Å². The minimum absolute atomic E-state index is 0.0820. The van der Waals surface area contributed by atoms with Gasteiger partial charge in [-0.25, -0.2) is 0 Å². The SMILES string of the molecule is CCCCC/C=C\C/C=C\CCCCCCCCCC(=O)OCC(COC(=O)CCCCCCC/C=C\CCCCCCCC)OC(=O)CCCCCCC/C=C\CCCCCCCC. The highest BCUT2D eigenvalue weighted by molar-refractivity contribution is 5.71. The van der Waals surface area contributed by atoms with Crippen molar-refractivity contribution in [3.8, 4) is 0 Å². The highest BCUT2D eigenvalue weighted by Crippen LogP contribution is 2.15. The zero-order chi connectivity index (χ0) is 47.2. The van der Waals surface area contributed by atoms with Crippen LogP contribution in [0.1, 0.15) is 290 Å². The second-order valence-corrected chi connectivity index (χ2v) is 18.8. The molecule has 1 unspecified atom stereocenters. The summed E-state index contributed by atoms with van der Waals surface area (Å²) >= 11 is 0. The van der Waals surface area contributed by atoms with Crippen molar-refractivity contribution in [2.45, 2.75) is 297 Å². The van der Waals surface area contributed by atoms with Crippen molar-refractivity contribution in [3.05, 3.63) is 48.6 Å². The Morgan fingerprint density at radius 2 is 0.554 bits per heavy atom. The van der Waals surface area contributed by atoms with Crippen molar-refractivity contribution in [1.82, 2.24) is 0 Å². The average molecular weight is 911 g/mol.